The number of amides is 2. The smallest absolute Gasteiger partial charge is 0.407 e. The number of ether oxygens (including phenoxy) is 2. The van der Waals surface area contributed by atoms with Crippen LogP contribution in [0.2, 0.25) is 0 Å². The number of anilines is 1. The highest BCUT2D eigenvalue weighted by Gasteiger charge is 2.33. The van der Waals surface area contributed by atoms with Crippen molar-refractivity contribution < 1.29 is 24.2 Å². The summed E-state index contributed by atoms with van der Waals surface area (Å²) in [6, 6.07) is 9.01. The fraction of sp³-hybridized carbons (Fsp3) is 0.370. The van der Waals surface area contributed by atoms with Crippen molar-refractivity contribution in [3.63, 3.8) is 0 Å². The van der Waals surface area contributed by atoms with Crippen LogP contribution in [0.25, 0.3) is 33.2 Å². The van der Waals surface area contributed by atoms with E-state index in [1.54, 1.807) is 17.8 Å². The molecule has 2 aromatic carbocycles. The summed E-state index contributed by atoms with van der Waals surface area (Å²) in [5.41, 5.74) is 3.05. The Labute approximate surface area is 225 Å². The second-order valence-electron chi connectivity index (χ2n) is 9.73. The Morgan fingerprint density at radius 3 is 2.51 bits per heavy atom. The number of rotatable bonds is 6. The first kappa shape index (κ1) is 26.2. The molecule has 2 aromatic heterocycles. The highest BCUT2D eigenvalue weighted by atomic mass is 16.7. The maximum absolute atomic E-state index is 13.0. The number of hydrogen-bond acceptors (Lipinski definition) is 8. The van der Waals surface area contributed by atoms with E-state index in [0.29, 0.717) is 41.1 Å². The van der Waals surface area contributed by atoms with Crippen molar-refractivity contribution in [2.45, 2.75) is 25.9 Å². The normalized spacial score (nSPS) is 17.6. The van der Waals surface area contributed by atoms with Crippen molar-refractivity contribution in [3.8, 4) is 17.1 Å². The summed E-state index contributed by atoms with van der Waals surface area (Å²) in [6.07, 6.45) is 0.965. The van der Waals surface area contributed by atoms with Crippen LogP contribution in [0.4, 0.5) is 10.5 Å². The van der Waals surface area contributed by atoms with Gasteiger partial charge >= 0.3 is 6.09 Å². The Bertz CT molecular complexity index is 1560. The van der Waals surface area contributed by atoms with Crippen LogP contribution < -0.4 is 15.0 Å². The third kappa shape index (κ3) is 4.90. The Hall–Kier alpha value is -4.45. The number of nitrogens with one attached hydrogen (secondary N) is 1. The number of nitrogens with zero attached hydrogens (tertiary/aromatic N) is 6. The summed E-state index contributed by atoms with van der Waals surface area (Å²) in [5.74, 6) is 0.476. The highest BCUT2D eigenvalue weighted by molar-refractivity contribution is 6.06. The monoisotopic (exact) mass is 533 g/mol. The summed E-state index contributed by atoms with van der Waals surface area (Å²) >= 11 is 0. The standard InChI is InChI=1S/C27H31N7O5/c1-15-11-33(12-16(2)34(15)27(36)37)18-6-7-21-19(9-18)24(26(35)28-3)30-25(29-21)20-8-17-13-32(4)31-22(17)10-23(20)39-14-38-5/h6-10,13,15-16H,11-12,14H2,1-5H3,(H,28,35)(H,36,37)/t15-,16-/m1/s1. The third-order valence-corrected chi connectivity index (χ3v) is 6.92. The lowest BCUT2D eigenvalue weighted by molar-refractivity contribution is 0.0516. The minimum Gasteiger partial charge on any atom is -0.467 e. The van der Waals surface area contributed by atoms with Crippen molar-refractivity contribution in [1.29, 1.82) is 0 Å². The van der Waals surface area contributed by atoms with Gasteiger partial charge in [-0.05, 0) is 38.1 Å². The average Bonchev–Trinajstić information content (AvgIpc) is 3.28. The number of carboxylic acid groups (broad SMARTS) is 1. The van der Waals surface area contributed by atoms with E-state index in [2.05, 4.69) is 15.3 Å². The van der Waals surface area contributed by atoms with Gasteiger partial charge in [0.25, 0.3) is 5.91 Å². The molecule has 2 amide bonds. The number of hydrogen-bond donors (Lipinski definition) is 2. The average molecular weight is 534 g/mol. The van der Waals surface area contributed by atoms with E-state index in [1.807, 2.05) is 51.4 Å². The predicted molar refractivity (Wildman–Crippen MR) is 146 cm³/mol. The molecule has 204 valence electrons. The van der Waals surface area contributed by atoms with E-state index in [1.165, 1.54) is 12.0 Å². The lowest BCUT2D eigenvalue weighted by atomic mass is 10.1. The zero-order chi connectivity index (χ0) is 27.8. The summed E-state index contributed by atoms with van der Waals surface area (Å²) in [4.78, 5) is 37.8. The first-order valence-corrected chi connectivity index (χ1v) is 12.6. The molecule has 1 saturated heterocycles. The topological polar surface area (TPSA) is 135 Å². The number of fused-ring (bicyclic) bond motifs is 2. The van der Waals surface area contributed by atoms with Crippen molar-refractivity contribution in [2.24, 2.45) is 7.05 Å². The second kappa shape index (κ2) is 10.4. The lowest BCUT2D eigenvalue weighted by Gasteiger charge is -2.44. The van der Waals surface area contributed by atoms with E-state index in [0.717, 1.165) is 16.6 Å². The lowest BCUT2D eigenvalue weighted by Crippen LogP contribution is -2.58. The van der Waals surface area contributed by atoms with Crippen LogP contribution in [-0.4, -0.2) is 87.9 Å². The SMILES string of the molecule is CNC(=O)c1nc(-c2cc3cn(C)nc3cc2OCOC)nc2ccc(N3C[C@@H](C)N(C(=O)O)[C@H](C)C3)cc12. The largest absolute Gasteiger partial charge is 0.467 e. The summed E-state index contributed by atoms with van der Waals surface area (Å²) < 4.78 is 12.7. The predicted octanol–water partition coefficient (Wildman–Crippen LogP) is 3.10. The minimum atomic E-state index is -0.922. The molecule has 0 unspecified atom stereocenters. The number of carbonyl (C=O) groups is 2. The maximum atomic E-state index is 13.0. The molecule has 2 N–H and O–H groups in total. The van der Waals surface area contributed by atoms with Crippen LogP contribution in [0.1, 0.15) is 24.3 Å². The molecule has 3 heterocycles. The van der Waals surface area contributed by atoms with Gasteiger partial charge in [0.05, 0.1) is 28.7 Å². The molecule has 2 atom stereocenters. The quantitative estimate of drug-likeness (QED) is 0.359. The molecule has 1 aliphatic heterocycles. The zero-order valence-electron chi connectivity index (χ0n) is 22.5. The summed E-state index contributed by atoms with van der Waals surface area (Å²) in [5, 5.41) is 18.2. The fourth-order valence-corrected chi connectivity index (χ4v) is 5.23. The van der Waals surface area contributed by atoms with E-state index in [4.69, 9.17) is 19.4 Å². The Kier molecular flexibility index (Phi) is 6.96. The number of piperazine rings is 1. The van der Waals surface area contributed by atoms with Crippen LogP contribution >= 0.6 is 0 Å². The van der Waals surface area contributed by atoms with E-state index in [9.17, 15) is 14.7 Å². The van der Waals surface area contributed by atoms with Crippen LogP contribution in [-0.2, 0) is 11.8 Å². The molecule has 12 nitrogen and oxygen atoms in total. The number of methoxy groups -OCH3 is 1. The van der Waals surface area contributed by atoms with Crippen LogP contribution in [0.3, 0.4) is 0 Å². The van der Waals surface area contributed by atoms with Gasteiger partial charge in [0.1, 0.15) is 11.4 Å². The zero-order valence-corrected chi connectivity index (χ0v) is 22.5. The summed E-state index contributed by atoms with van der Waals surface area (Å²) in [7, 11) is 4.94. The van der Waals surface area contributed by atoms with Gasteiger partial charge < -0.3 is 24.8 Å². The first-order valence-electron chi connectivity index (χ1n) is 12.6. The molecule has 0 spiro atoms. The highest BCUT2D eigenvalue weighted by Crippen LogP contribution is 2.34. The fourth-order valence-electron chi connectivity index (χ4n) is 5.23. The van der Waals surface area contributed by atoms with Crippen LogP contribution in [0.5, 0.6) is 5.75 Å². The van der Waals surface area contributed by atoms with Gasteiger partial charge in [-0.25, -0.2) is 14.8 Å². The maximum Gasteiger partial charge on any atom is 0.407 e. The second-order valence-corrected chi connectivity index (χ2v) is 9.73. The molecule has 0 aliphatic carbocycles. The first-order chi connectivity index (χ1) is 18.7. The Morgan fingerprint density at radius 1 is 1.10 bits per heavy atom. The van der Waals surface area contributed by atoms with Gasteiger partial charge in [-0.3, -0.25) is 14.4 Å². The van der Waals surface area contributed by atoms with Crippen LogP contribution in [0.15, 0.2) is 36.5 Å². The van der Waals surface area contributed by atoms with E-state index in [-0.39, 0.29) is 30.5 Å². The molecule has 5 rings (SSSR count). The number of aryl methyl sites for hydroxylation is 1. The van der Waals surface area contributed by atoms with E-state index >= 15 is 0 Å². The van der Waals surface area contributed by atoms with Crippen molar-refractivity contribution in [3.05, 3.63) is 42.2 Å². The molecule has 4 aromatic rings. The van der Waals surface area contributed by atoms with Gasteiger partial charge in [-0.1, -0.05) is 0 Å². The van der Waals surface area contributed by atoms with Crippen LogP contribution in [0, 0.1) is 0 Å². The number of aromatic nitrogens is 4. The molecule has 12 heteroatoms. The van der Waals surface area contributed by atoms with Gasteiger partial charge in [0, 0.05) is 63.0 Å². The molecule has 1 aliphatic rings. The molecule has 39 heavy (non-hydrogen) atoms. The molecule has 1 fully saturated rings. The van der Waals surface area contributed by atoms with Crippen molar-refractivity contribution >= 4 is 39.5 Å². The molecule has 0 radical (unpaired) electrons. The molecular formula is C27H31N7O5. The third-order valence-electron chi connectivity index (χ3n) is 6.92. The van der Waals surface area contributed by atoms with Crippen molar-refractivity contribution in [1.82, 2.24) is 30.0 Å². The number of carbonyl (C=O) groups excluding carboxylic acids is 1. The van der Waals surface area contributed by atoms with Gasteiger partial charge in [0.15, 0.2) is 12.6 Å². The van der Waals surface area contributed by atoms with Crippen molar-refractivity contribution in [2.75, 3.05) is 38.9 Å². The van der Waals surface area contributed by atoms with Gasteiger partial charge in [0.2, 0.25) is 0 Å². The molecule has 0 saturated carbocycles. The van der Waals surface area contributed by atoms with Gasteiger partial charge in [-0.15, -0.1) is 0 Å². The molecular weight excluding hydrogens is 502 g/mol. The molecule has 0 bridgehead atoms. The minimum absolute atomic E-state index is 0.0244. The van der Waals surface area contributed by atoms with Gasteiger partial charge in [-0.2, -0.15) is 5.10 Å². The summed E-state index contributed by atoms with van der Waals surface area (Å²) in [6.45, 7) is 4.87. The Balaban J connectivity index is 1.61. The Morgan fingerprint density at radius 2 is 1.85 bits per heavy atom. The van der Waals surface area contributed by atoms with E-state index < -0.39 is 6.09 Å². The number of benzene rings is 2.